The predicted molar refractivity (Wildman–Crippen MR) is 104 cm³/mol. The summed E-state index contributed by atoms with van der Waals surface area (Å²) in [5.41, 5.74) is 2.04. The number of ether oxygens (including phenoxy) is 1. The van der Waals surface area contributed by atoms with Gasteiger partial charge in [0.05, 0.1) is 17.9 Å². The van der Waals surface area contributed by atoms with Crippen molar-refractivity contribution < 1.29 is 24.3 Å². The zero-order chi connectivity index (χ0) is 20.9. The topological polar surface area (TPSA) is 101 Å². The minimum atomic E-state index is -1.15. The van der Waals surface area contributed by atoms with Gasteiger partial charge in [0.2, 0.25) is 5.27 Å². The maximum atomic E-state index is 13.0. The number of aliphatic imine (C=N–C) groups is 1. The van der Waals surface area contributed by atoms with E-state index in [1.807, 2.05) is 25.8 Å². The molecule has 1 unspecified atom stereocenters. The number of phenols is 1. The molecule has 1 atom stereocenters. The van der Waals surface area contributed by atoms with E-state index < -0.39 is 11.5 Å². The molecule has 9 heteroatoms. The molecule has 0 amide bonds. The largest absolute Gasteiger partial charge is 0.859 e. The number of aromatic nitrogens is 2. The van der Waals surface area contributed by atoms with Gasteiger partial charge >= 0.3 is 5.88 Å². The third-order valence-electron chi connectivity index (χ3n) is 6.06. The van der Waals surface area contributed by atoms with Gasteiger partial charge in [-0.15, -0.1) is 0 Å². The molecule has 1 aromatic carbocycles. The second kappa shape index (κ2) is 6.91. The number of piperazine rings is 1. The average molecular weight is 401 g/mol. The van der Waals surface area contributed by atoms with Gasteiger partial charge in [-0.1, -0.05) is 0 Å². The molecule has 29 heavy (non-hydrogen) atoms. The van der Waals surface area contributed by atoms with E-state index in [9.17, 15) is 10.2 Å². The molecule has 0 aliphatic carbocycles. The van der Waals surface area contributed by atoms with Crippen molar-refractivity contribution >= 4 is 11.8 Å². The zero-order valence-electron chi connectivity index (χ0n) is 17.5. The minimum absolute atomic E-state index is 0.141. The predicted octanol–water partition coefficient (Wildman–Crippen LogP) is 0.260. The van der Waals surface area contributed by atoms with E-state index >= 15 is 0 Å². The lowest BCUT2D eigenvalue weighted by Crippen LogP contribution is -2.64. The summed E-state index contributed by atoms with van der Waals surface area (Å²) in [6.45, 7) is 10.8. The van der Waals surface area contributed by atoms with Gasteiger partial charge in [-0.3, -0.25) is 4.52 Å². The fourth-order valence-corrected chi connectivity index (χ4v) is 3.87. The Morgan fingerprint density at radius 3 is 2.59 bits per heavy atom. The molecule has 0 radical (unpaired) electrons. The van der Waals surface area contributed by atoms with E-state index in [0.717, 1.165) is 48.4 Å². The second-order valence-electron chi connectivity index (χ2n) is 8.18. The van der Waals surface area contributed by atoms with Crippen molar-refractivity contribution in [2.45, 2.75) is 39.7 Å². The normalized spacial score (nSPS) is 22.7. The van der Waals surface area contributed by atoms with Gasteiger partial charge in [0.15, 0.2) is 0 Å². The quantitative estimate of drug-likeness (QED) is 0.447. The van der Waals surface area contributed by atoms with E-state index in [1.54, 1.807) is 17.9 Å². The number of hydrogen-bond acceptors (Lipinski definition) is 8. The van der Waals surface area contributed by atoms with Crippen molar-refractivity contribution in [2.75, 3.05) is 38.2 Å². The van der Waals surface area contributed by atoms with Crippen LogP contribution in [0.3, 0.4) is 0 Å². The summed E-state index contributed by atoms with van der Waals surface area (Å²) in [5.74, 6) is 0.615. The highest BCUT2D eigenvalue weighted by Gasteiger charge is 2.39. The highest BCUT2D eigenvalue weighted by atomic mass is 16.5. The molecule has 156 valence electrons. The van der Waals surface area contributed by atoms with Gasteiger partial charge in [-0.25, -0.2) is 4.99 Å². The smallest absolute Gasteiger partial charge is 0.324 e. The lowest BCUT2D eigenvalue weighted by Gasteiger charge is -2.29. The Bertz CT molecular complexity index is 939. The van der Waals surface area contributed by atoms with E-state index in [1.165, 1.54) is 0 Å². The number of likely N-dealkylation sites (N-methyl/N-ethyl adjacent to an activating group) is 1. The van der Waals surface area contributed by atoms with Crippen LogP contribution in [0.2, 0.25) is 0 Å². The van der Waals surface area contributed by atoms with Crippen LogP contribution < -0.4 is 19.6 Å². The summed E-state index contributed by atoms with van der Waals surface area (Å²) in [7, 11) is 2.08. The van der Waals surface area contributed by atoms with Crippen LogP contribution in [0.25, 0.3) is 0 Å². The molecule has 1 N–H and O–H groups in total. The van der Waals surface area contributed by atoms with Crippen molar-refractivity contribution in [1.29, 1.82) is 0 Å². The fourth-order valence-electron chi connectivity index (χ4n) is 3.87. The molecular formula is C20H27N5O4. The molecule has 0 bridgehead atoms. The highest BCUT2D eigenvalue weighted by molar-refractivity contribution is 5.85. The number of phenolic OH excluding ortho intramolecular Hbond substituents is 1. The van der Waals surface area contributed by atoms with Crippen LogP contribution in [-0.4, -0.2) is 60.0 Å². The summed E-state index contributed by atoms with van der Waals surface area (Å²) >= 11 is 0. The maximum absolute atomic E-state index is 13.0. The molecule has 3 heterocycles. The van der Waals surface area contributed by atoms with Crippen LogP contribution in [0.4, 0.5) is 5.88 Å². The lowest BCUT2D eigenvalue weighted by molar-refractivity contribution is -0.759. The number of nitrogens with zero attached hydrogens (tertiary/aromatic N) is 5. The second-order valence-corrected chi connectivity index (χ2v) is 8.18. The number of benzene rings is 1. The highest BCUT2D eigenvalue weighted by Crippen LogP contribution is 2.45. The summed E-state index contributed by atoms with van der Waals surface area (Å²) in [6.07, 6.45) is 1.96. The van der Waals surface area contributed by atoms with Crippen LogP contribution in [0, 0.1) is 20.8 Å². The van der Waals surface area contributed by atoms with Crippen LogP contribution in [0.1, 0.15) is 29.2 Å². The molecule has 1 aromatic heterocycles. The third-order valence-corrected chi connectivity index (χ3v) is 6.06. The number of hydrogen-bond donors (Lipinski definition) is 1. The molecule has 2 aliphatic heterocycles. The number of fused-ring (bicyclic) bond motifs is 1. The first kappa shape index (κ1) is 19.5. The fraction of sp³-hybridized carbons (Fsp3) is 0.550. The Hall–Kier alpha value is -2.81. The van der Waals surface area contributed by atoms with E-state index in [2.05, 4.69) is 22.2 Å². The molecule has 0 saturated carbocycles. The number of rotatable bonds is 3. The molecule has 1 saturated heterocycles. The summed E-state index contributed by atoms with van der Waals surface area (Å²) in [6, 6.07) is 0. The van der Waals surface area contributed by atoms with Crippen molar-refractivity contribution in [2.24, 2.45) is 4.99 Å². The zero-order valence-corrected chi connectivity index (χ0v) is 17.5. The van der Waals surface area contributed by atoms with Crippen molar-refractivity contribution in [3.05, 3.63) is 28.5 Å². The van der Waals surface area contributed by atoms with Gasteiger partial charge in [-0.2, -0.15) is 5.01 Å². The summed E-state index contributed by atoms with van der Waals surface area (Å²) < 4.78 is 11.3. The van der Waals surface area contributed by atoms with Gasteiger partial charge in [-0.05, 0) is 51.4 Å². The van der Waals surface area contributed by atoms with Crippen LogP contribution >= 0.6 is 0 Å². The van der Waals surface area contributed by atoms with E-state index in [0.29, 0.717) is 12.2 Å². The van der Waals surface area contributed by atoms with Gasteiger partial charge in [0, 0.05) is 31.0 Å². The van der Waals surface area contributed by atoms with Crippen molar-refractivity contribution in [3.8, 4) is 11.5 Å². The van der Waals surface area contributed by atoms with Gasteiger partial charge in [0.25, 0.3) is 6.20 Å². The first-order valence-corrected chi connectivity index (χ1v) is 9.79. The van der Waals surface area contributed by atoms with Crippen LogP contribution in [0.5, 0.6) is 11.5 Å². The summed E-state index contributed by atoms with van der Waals surface area (Å²) in [5, 5.41) is 29.3. The van der Waals surface area contributed by atoms with E-state index in [-0.39, 0.29) is 11.6 Å². The van der Waals surface area contributed by atoms with Crippen molar-refractivity contribution in [1.82, 2.24) is 10.2 Å². The standard InChI is InChI=1S/C20H27N5O4/c1-12-13(2)18-15(14(3)17(12)26)10-20(4,28-18)19(27)21-16-11-25(22-29-16)24-8-6-23(5)7-9-24/h11H,6-10H2,1-5H3,(H-,21,22,26,27). The monoisotopic (exact) mass is 401 g/mol. The molecule has 0 spiro atoms. The Morgan fingerprint density at radius 1 is 1.21 bits per heavy atom. The molecule has 9 nitrogen and oxygen atoms in total. The Labute approximate surface area is 169 Å². The first-order chi connectivity index (χ1) is 13.7. The first-order valence-electron chi connectivity index (χ1n) is 9.79. The molecule has 2 aliphatic rings. The molecule has 4 rings (SSSR count). The van der Waals surface area contributed by atoms with Crippen LogP contribution in [-0.2, 0) is 6.42 Å². The minimum Gasteiger partial charge on any atom is -0.859 e. The van der Waals surface area contributed by atoms with E-state index in [4.69, 9.17) is 9.26 Å². The Morgan fingerprint density at radius 2 is 1.90 bits per heavy atom. The maximum Gasteiger partial charge on any atom is 0.324 e. The van der Waals surface area contributed by atoms with Crippen LogP contribution in [0.15, 0.2) is 15.7 Å². The molecule has 2 aromatic rings. The van der Waals surface area contributed by atoms with Gasteiger partial charge in [0.1, 0.15) is 17.1 Å². The SMILES string of the molecule is Cc1c(C)c2c(c(C)c1O)CC(C)(C([O-])=Nc1c[n+](N3CCN(C)CC3)no1)O2. The third kappa shape index (κ3) is 3.29. The van der Waals surface area contributed by atoms with Gasteiger partial charge < -0.3 is 19.8 Å². The molecular weight excluding hydrogens is 374 g/mol. The lowest BCUT2D eigenvalue weighted by atomic mass is 9.92. The Balaban J connectivity index is 1.57. The molecule has 1 fully saturated rings. The van der Waals surface area contributed by atoms with Crippen molar-refractivity contribution in [3.63, 3.8) is 0 Å². The summed E-state index contributed by atoms with van der Waals surface area (Å²) in [4.78, 5) is 7.96. The Kier molecular flexibility index (Phi) is 4.65. The average Bonchev–Trinajstić information content (AvgIpc) is 3.31. The number of aromatic hydroxyl groups is 1.